The fraction of sp³-hybridized carbons (Fsp3) is 0.562. The smallest absolute Gasteiger partial charge is 0.0718 e. The van der Waals surface area contributed by atoms with E-state index < -0.39 is 0 Å². The molecule has 1 aromatic heterocycles. The fourth-order valence-electron chi connectivity index (χ4n) is 3.12. The van der Waals surface area contributed by atoms with Crippen LogP contribution in [0.3, 0.4) is 0 Å². The van der Waals surface area contributed by atoms with E-state index in [0.29, 0.717) is 5.92 Å². The van der Waals surface area contributed by atoms with Crippen LogP contribution in [0, 0.1) is 5.92 Å². The van der Waals surface area contributed by atoms with Gasteiger partial charge in [0.15, 0.2) is 0 Å². The van der Waals surface area contributed by atoms with Crippen molar-refractivity contribution in [2.24, 2.45) is 11.7 Å². The number of ether oxygens (including phenoxy) is 1. The number of hydrogen-bond donors (Lipinski definition) is 1. The lowest BCUT2D eigenvalue weighted by molar-refractivity contribution is 0.182. The second-order valence-corrected chi connectivity index (χ2v) is 5.71. The minimum absolute atomic E-state index is 0.172. The number of hydrogen-bond acceptors (Lipinski definition) is 3. The van der Waals surface area contributed by atoms with Crippen molar-refractivity contribution in [2.75, 3.05) is 13.2 Å². The van der Waals surface area contributed by atoms with E-state index in [2.05, 4.69) is 35.9 Å². The van der Waals surface area contributed by atoms with Crippen molar-refractivity contribution >= 4 is 10.9 Å². The molecule has 4 nitrogen and oxygen atoms in total. The number of nitrogens with two attached hydrogens (primary N) is 1. The SMILES string of the molecule is CCn1nc(CC(N)CC2CCOC2)c2ccccc21. The van der Waals surface area contributed by atoms with Crippen LogP contribution in [0.25, 0.3) is 10.9 Å². The summed E-state index contributed by atoms with van der Waals surface area (Å²) in [6.45, 7) is 4.79. The number of aromatic nitrogens is 2. The van der Waals surface area contributed by atoms with Gasteiger partial charge in [-0.15, -0.1) is 0 Å². The molecule has 4 heteroatoms. The van der Waals surface area contributed by atoms with Gasteiger partial charge in [0.05, 0.1) is 11.2 Å². The van der Waals surface area contributed by atoms with E-state index in [1.807, 2.05) is 0 Å². The van der Waals surface area contributed by atoms with Gasteiger partial charge in [0.25, 0.3) is 0 Å². The summed E-state index contributed by atoms with van der Waals surface area (Å²) < 4.78 is 7.49. The zero-order valence-corrected chi connectivity index (χ0v) is 12.1. The van der Waals surface area contributed by atoms with Crippen LogP contribution >= 0.6 is 0 Å². The van der Waals surface area contributed by atoms with Crippen LogP contribution in [-0.4, -0.2) is 29.0 Å². The Bertz CT molecular complexity index is 572. The van der Waals surface area contributed by atoms with E-state index in [9.17, 15) is 0 Å². The van der Waals surface area contributed by atoms with Gasteiger partial charge >= 0.3 is 0 Å². The van der Waals surface area contributed by atoms with Crippen LogP contribution in [-0.2, 0) is 17.7 Å². The molecule has 1 fully saturated rings. The van der Waals surface area contributed by atoms with Gasteiger partial charge in [0, 0.05) is 37.6 Å². The summed E-state index contributed by atoms with van der Waals surface area (Å²) in [5, 5.41) is 5.97. The maximum atomic E-state index is 6.32. The zero-order valence-electron chi connectivity index (χ0n) is 12.1. The molecule has 20 heavy (non-hydrogen) atoms. The van der Waals surface area contributed by atoms with Gasteiger partial charge in [-0.1, -0.05) is 18.2 Å². The van der Waals surface area contributed by atoms with Crippen LogP contribution in [0.1, 0.15) is 25.5 Å². The van der Waals surface area contributed by atoms with E-state index in [1.165, 1.54) is 10.9 Å². The van der Waals surface area contributed by atoms with Crippen LogP contribution in [0.2, 0.25) is 0 Å². The maximum Gasteiger partial charge on any atom is 0.0718 e. The summed E-state index contributed by atoms with van der Waals surface area (Å²) in [5.41, 5.74) is 8.67. The zero-order chi connectivity index (χ0) is 13.9. The molecule has 0 amide bonds. The lowest BCUT2D eigenvalue weighted by atomic mass is 9.96. The average molecular weight is 273 g/mol. The molecule has 2 N–H and O–H groups in total. The van der Waals surface area contributed by atoms with Crippen LogP contribution < -0.4 is 5.73 Å². The van der Waals surface area contributed by atoms with E-state index in [4.69, 9.17) is 15.6 Å². The molecule has 1 aliphatic rings. The highest BCUT2D eigenvalue weighted by Gasteiger charge is 2.20. The third kappa shape index (κ3) is 2.72. The molecule has 1 aliphatic heterocycles. The molecule has 2 aromatic rings. The molecular formula is C16H23N3O. The standard InChI is InChI=1S/C16H23N3O/c1-2-19-16-6-4-3-5-14(16)15(18-19)10-13(17)9-12-7-8-20-11-12/h3-6,12-13H,2,7-11,17H2,1H3. The highest BCUT2D eigenvalue weighted by atomic mass is 16.5. The quantitative estimate of drug-likeness (QED) is 0.910. The van der Waals surface area contributed by atoms with Gasteiger partial charge in [0.1, 0.15) is 0 Å². The van der Waals surface area contributed by atoms with Crippen molar-refractivity contribution in [3.63, 3.8) is 0 Å². The number of aryl methyl sites for hydroxylation is 1. The predicted molar refractivity (Wildman–Crippen MR) is 80.6 cm³/mol. The summed E-state index contributed by atoms with van der Waals surface area (Å²) >= 11 is 0. The van der Waals surface area contributed by atoms with Crippen molar-refractivity contribution in [3.05, 3.63) is 30.0 Å². The molecule has 2 atom stereocenters. The summed E-state index contributed by atoms with van der Waals surface area (Å²) in [7, 11) is 0. The number of fused-ring (bicyclic) bond motifs is 1. The number of rotatable bonds is 5. The van der Waals surface area contributed by atoms with Crippen LogP contribution in [0.5, 0.6) is 0 Å². The molecule has 0 saturated carbocycles. The molecule has 3 rings (SSSR count). The Hall–Kier alpha value is -1.39. The van der Waals surface area contributed by atoms with E-state index in [1.54, 1.807) is 0 Å². The third-order valence-electron chi connectivity index (χ3n) is 4.15. The molecule has 2 heterocycles. The second-order valence-electron chi connectivity index (χ2n) is 5.71. The van der Waals surface area contributed by atoms with Crippen molar-refractivity contribution in [3.8, 4) is 0 Å². The highest BCUT2D eigenvalue weighted by Crippen LogP contribution is 2.22. The monoisotopic (exact) mass is 273 g/mol. The van der Waals surface area contributed by atoms with E-state index >= 15 is 0 Å². The maximum absolute atomic E-state index is 6.32. The van der Waals surface area contributed by atoms with Gasteiger partial charge in [-0.3, -0.25) is 4.68 Å². The largest absolute Gasteiger partial charge is 0.381 e. The Morgan fingerprint density at radius 2 is 2.30 bits per heavy atom. The summed E-state index contributed by atoms with van der Waals surface area (Å²) in [6.07, 6.45) is 3.04. The molecular weight excluding hydrogens is 250 g/mol. The van der Waals surface area contributed by atoms with Crippen molar-refractivity contribution < 1.29 is 4.74 Å². The average Bonchev–Trinajstić information content (AvgIpc) is 3.07. The first-order valence-electron chi connectivity index (χ1n) is 7.55. The van der Waals surface area contributed by atoms with Crippen LogP contribution in [0.15, 0.2) is 24.3 Å². The first kappa shape index (κ1) is 13.6. The summed E-state index contributed by atoms with van der Waals surface area (Å²) in [6, 6.07) is 8.59. The second kappa shape index (κ2) is 5.94. The normalized spacial score (nSPS) is 20.6. The Labute approximate surface area is 119 Å². The topological polar surface area (TPSA) is 53.1 Å². The highest BCUT2D eigenvalue weighted by molar-refractivity contribution is 5.82. The van der Waals surface area contributed by atoms with Crippen LogP contribution in [0.4, 0.5) is 0 Å². The van der Waals surface area contributed by atoms with Crippen molar-refractivity contribution in [1.29, 1.82) is 0 Å². The minimum atomic E-state index is 0.172. The van der Waals surface area contributed by atoms with Gasteiger partial charge in [-0.2, -0.15) is 5.10 Å². The number of benzene rings is 1. The van der Waals surface area contributed by atoms with Gasteiger partial charge in [-0.05, 0) is 31.7 Å². The molecule has 0 bridgehead atoms. The predicted octanol–water partition coefficient (Wildman–Crippen LogP) is 2.35. The molecule has 0 spiro atoms. The molecule has 2 unspecified atom stereocenters. The van der Waals surface area contributed by atoms with Crippen molar-refractivity contribution in [2.45, 2.75) is 38.8 Å². The van der Waals surface area contributed by atoms with Gasteiger partial charge < -0.3 is 10.5 Å². The first-order valence-corrected chi connectivity index (χ1v) is 7.55. The third-order valence-corrected chi connectivity index (χ3v) is 4.15. The Morgan fingerprint density at radius 1 is 1.45 bits per heavy atom. The molecule has 108 valence electrons. The molecule has 1 saturated heterocycles. The Kier molecular flexibility index (Phi) is 4.03. The Morgan fingerprint density at radius 3 is 3.05 bits per heavy atom. The minimum Gasteiger partial charge on any atom is -0.381 e. The van der Waals surface area contributed by atoms with E-state index in [0.717, 1.165) is 44.7 Å². The fourth-order valence-corrected chi connectivity index (χ4v) is 3.12. The summed E-state index contributed by atoms with van der Waals surface area (Å²) in [4.78, 5) is 0. The Balaban J connectivity index is 1.76. The van der Waals surface area contributed by atoms with Crippen molar-refractivity contribution in [1.82, 2.24) is 9.78 Å². The molecule has 0 radical (unpaired) electrons. The number of para-hydroxylation sites is 1. The van der Waals surface area contributed by atoms with Gasteiger partial charge in [-0.25, -0.2) is 0 Å². The molecule has 1 aromatic carbocycles. The lowest BCUT2D eigenvalue weighted by Gasteiger charge is -2.14. The van der Waals surface area contributed by atoms with E-state index in [-0.39, 0.29) is 6.04 Å². The summed E-state index contributed by atoms with van der Waals surface area (Å²) in [5.74, 6) is 0.629. The van der Waals surface area contributed by atoms with Gasteiger partial charge in [0.2, 0.25) is 0 Å². The number of nitrogens with zero attached hydrogens (tertiary/aromatic N) is 2. The first-order chi connectivity index (χ1) is 9.78. The molecule has 0 aliphatic carbocycles. The lowest BCUT2D eigenvalue weighted by Crippen LogP contribution is -2.26.